The number of pyridine rings is 1. The molecule has 0 saturated carbocycles. The molecule has 5 nitrogen and oxygen atoms in total. The van der Waals surface area contributed by atoms with Crippen molar-refractivity contribution in [1.29, 1.82) is 0 Å². The van der Waals surface area contributed by atoms with Gasteiger partial charge in [0.05, 0.1) is 17.9 Å². The number of hydrogen-bond donors (Lipinski definition) is 2. The molecule has 0 unspecified atom stereocenters. The van der Waals surface area contributed by atoms with Crippen molar-refractivity contribution in [2.45, 2.75) is 0 Å². The average Bonchev–Trinajstić information content (AvgIpc) is 2.37. The van der Waals surface area contributed by atoms with Crippen LogP contribution in [0.2, 0.25) is 0 Å². The Balaban J connectivity index is 2.57. The minimum absolute atomic E-state index is 0.156. The Morgan fingerprint density at radius 2 is 2.41 bits per heavy atom. The van der Waals surface area contributed by atoms with E-state index in [-0.39, 0.29) is 5.91 Å². The highest BCUT2D eigenvalue weighted by Crippen LogP contribution is 2.07. The molecule has 92 valence electrons. The number of ether oxygens (including phenoxy) is 1. The van der Waals surface area contributed by atoms with E-state index in [1.54, 1.807) is 25.4 Å². The molecule has 0 bridgehead atoms. The van der Waals surface area contributed by atoms with Crippen molar-refractivity contribution in [3.8, 4) is 0 Å². The van der Waals surface area contributed by atoms with Gasteiger partial charge in [-0.1, -0.05) is 6.08 Å². The maximum absolute atomic E-state index is 11.7. The number of aromatic nitrogens is 1. The van der Waals surface area contributed by atoms with Gasteiger partial charge in [-0.2, -0.15) is 0 Å². The molecule has 5 heteroatoms. The van der Waals surface area contributed by atoms with Gasteiger partial charge < -0.3 is 15.4 Å². The lowest BCUT2D eigenvalue weighted by molar-refractivity contribution is 0.0937. The fourth-order valence-corrected chi connectivity index (χ4v) is 1.22. The Morgan fingerprint density at radius 3 is 3.12 bits per heavy atom. The fourth-order valence-electron chi connectivity index (χ4n) is 1.22. The smallest absolute Gasteiger partial charge is 0.253 e. The molecule has 0 atom stereocenters. The topological polar surface area (TPSA) is 63.2 Å². The van der Waals surface area contributed by atoms with Crippen LogP contribution < -0.4 is 10.6 Å². The summed E-state index contributed by atoms with van der Waals surface area (Å²) in [6, 6.07) is 1.75. The van der Waals surface area contributed by atoms with Gasteiger partial charge in [0.25, 0.3) is 5.91 Å². The number of hydrogen-bond acceptors (Lipinski definition) is 4. The SMILES string of the molecule is C=CCNc1cncc(C(=O)NCCOC)c1. The Labute approximate surface area is 101 Å². The summed E-state index contributed by atoms with van der Waals surface area (Å²) in [5, 5.41) is 5.80. The molecular weight excluding hydrogens is 218 g/mol. The van der Waals surface area contributed by atoms with Crippen LogP contribution >= 0.6 is 0 Å². The van der Waals surface area contributed by atoms with E-state index < -0.39 is 0 Å². The van der Waals surface area contributed by atoms with E-state index in [2.05, 4.69) is 22.2 Å². The zero-order valence-electron chi connectivity index (χ0n) is 9.90. The summed E-state index contributed by atoms with van der Waals surface area (Å²) in [4.78, 5) is 15.7. The molecule has 0 aliphatic heterocycles. The van der Waals surface area contributed by atoms with Crippen LogP contribution in [-0.4, -0.2) is 37.7 Å². The molecule has 17 heavy (non-hydrogen) atoms. The Kier molecular flexibility index (Phi) is 5.74. The van der Waals surface area contributed by atoms with E-state index in [1.807, 2.05) is 0 Å². The van der Waals surface area contributed by atoms with E-state index in [0.29, 0.717) is 25.3 Å². The molecule has 0 saturated heterocycles. The van der Waals surface area contributed by atoms with Crippen LogP contribution in [-0.2, 0) is 4.74 Å². The van der Waals surface area contributed by atoms with Gasteiger partial charge in [0.15, 0.2) is 0 Å². The normalized spacial score (nSPS) is 9.71. The summed E-state index contributed by atoms with van der Waals surface area (Å²) in [5.74, 6) is -0.156. The highest BCUT2D eigenvalue weighted by atomic mass is 16.5. The third kappa shape index (κ3) is 4.65. The summed E-state index contributed by atoms with van der Waals surface area (Å²) in [6.45, 7) is 5.22. The number of anilines is 1. The Morgan fingerprint density at radius 1 is 1.59 bits per heavy atom. The quantitative estimate of drug-likeness (QED) is 0.548. The summed E-state index contributed by atoms with van der Waals surface area (Å²) < 4.78 is 4.85. The van der Waals surface area contributed by atoms with Crippen molar-refractivity contribution in [2.24, 2.45) is 0 Å². The molecular formula is C12H17N3O2. The Bertz CT molecular complexity index is 380. The van der Waals surface area contributed by atoms with Crippen LogP contribution in [0.4, 0.5) is 5.69 Å². The highest BCUT2D eigenvalue weighted by molar-refractivity contribution is 5.94. The van der Waals surface area contributed by atoms with Gasteiger partial charge in [-0.25, -0.2) is 0 Å². The standard InChI is InChI=1S/C12H17N3O2/c1-3-4-14-11-7-10(8-13-9-11)12(16)15-5-6-17-2/h3,7-9,14H,1,4-6H2,2H3,(H,15,16). The number of carbonyl (C=O) groups is 1. The van der Waals surface area contributed by atoms with Crippen molar-refractivity contribution < 1.29 is 9.53 Å². The zero-order chi connectivity index (χ0) is 12.5. The van der Waals surface area contributed by atoms with Crippen LogP contribution in [0.5, 0.6) is 0 Å². The van der Waals surface area contributed by atoms with Crippen molar-refractivity contribution in [2.75, 3.05) is 32.1 Å². The van der Waals surface area contributed by atoms with Gasteiger partial charge in [-0.05, 0) is 6.07 Å². The number of amides is 1. The van der Waals surface area contributed by atoms with Crippen LogP contribution in [0, 0.1) is 0 Å². The number of rotatable bonds is 7. The van der Waals surface area contributed by atoms with Gasteiger partial charge >= 0.3 is 0 Å². The number of methoxy groups -OCH3 is 1. The lowest BCUT2D eigenvalue weighted by atomic mass is 10.2. The first kappa shape index (κ1) is 13.2. The number of carbonyl (C=O) groups excluding carboxylic acids is 1. The minimum atomic E-state index is -0.156. The van der Waals surface area contributed by atoms with E-state index in [9.17, 15) is 4.79 Å². The van der Waals surface area contributed by atoms with Crippen LogP contribution in [0.3, 0.4) is 0 Å². The third-order valence-electron chi connectivity index (χ3n) is 2.04. The van der Waals surface area contributed by atoms with E-state index in [1.165, 1.54) is 6.20 Å². The molecule has 0 aliphatic rings. The summed E-state index contributed by atoms with van der Waals surface area (Å²) in [5.41, 5.74) is 1.32. The molecule has 0 aromatic carbocycles. The van der Waals surface area contributed by atoms with E-state index in [4.69, 9.17) is 4.74 Å². The van der Waals surface area contributed by atoms with Gasteiger partial charge in [0, 0.05) is 32.6 Å². The lowest BCUT2D eigenvalue weighted by Gasteiger charge is -2.06. The predicted molar refractivity (Wildman–Crippen MR) is 67.1 cm³/mol. The molecule has 0 radical (unpaired) electrons. The van der Waals surface area contributed by atoms with Crippen molar-refractivity contribution in [3.05, 3.63) is 36.7 Å². The first-order chi connectivity index (χ1) is 8.27. The molecule has 0 spiro atoms. The average molecular weight is 235 g/mol. The van der Waals surface area contributed by atoms with Crippen LogP contribution in [0.1, 0.15) is 10.4 Å². The lowest BCUT2D eigenvalue weighted by Crippen LogP contribution is -2.27. The molecule has 1 rings (SSSR count). The van der Waals surface area contributed by atoms with Crippen molar-refractivity contribution >= 4 is 11.6 Å². The van der Waals surface area contributed by atoms with Crippen LogP contribution in [0.15, 0.2) is 31.1 Å². The van der Waals surface area contributed by atoms with Gasteiger partial charge in [-0.3, -0.25) is 9.78 Å². The fraction of sp³-hybridized carbons (Fsp3) is 0.333. The summed E-state index contributed by atoms with van der Waals surface area (Å²) >= 11 is 0. The van der Waals surface area contributed by atoms with Crippen molar-refractivity contribution in [1.82, 2.24) is 10.3 Å². The van der Waals surface area contributed by atoms with Gasteiger partial charge in [0.2, 0.25) is 0 Å². The largest absolute Gasteiger partial charge is 0.383 e. The minimum Gasteiger partial charge on any atom is -0.383 e. The van der Waals surface area contributed by atoms with E-state index >= 15 is 0 Å². The summed E-state index contributed by atoms with van der Waals surface area (Å²) in [6.07, 6.45) is 4.93. The Hall–Kier alpha value is -1.88. The van der Waals surface area contributed by atoms with E-state index in [0.717, 1.165) is 5.69 Å². The van der Waals surface area contributed by atoms with Crippen molar-refractivity contribution in [3.63, 3.8) is 0 Å². The second-order valence-corrected chi connectivity index (χ2v) is 3.38. The maximum atomic E-state index is 11.7. The molecule has 1 aromatic rings. The third-order valence-corrected chi connectivity index (χ3v) is 2.04. The van der Waals surface area contributed by atoms with Gasteiger partial charge in [0.1, 0.15) is 0 Å². The second-order valence-electron chi connectivity index (χ2n) is 3.38. The van der Waals surface area contributed by atoms with Crippen LogP contribution in [0.25, 0.3) is 0 Å². The number of nitrogens with zero attached hydrogens (tertiary/aromatic N) is 1. The molecule has 1 heterocycles. The first-order valence-electron chi connectivity index (χ1n) is 5.35. The number of nitrogens with one attached hydrogen (secondary N) is 2. The molecule has 0 aliphatic carbocycles. The molecule has 0 fully saturated rings. The van der Waals surface area contributed by atoms with Gasteiger partial charge in [-0.15, -0.1) is 6.58 Å². The molecule has 1 aromatic heterocycles. The molecule has 1 amide bonds. The maximum Gasteiger partial charge on any atom is 0.253 e. The predicted octanol–water partition coefficient (Wildman–Crippen LogP) is 1.06. The summed E-state index contributed by atoms with van der Waals surface area (Å²) in [7, 11) is 1.59. The molecule has 2 N–H and O–H groups in total. The first-order valence-corrected chi connectivity index (χ1v) is 5.35. The monoisotopic (exact) mass is 235 g/mol. The second kappa shape index (κ2) is 7.40. The highest BCUT2D eigenvalue weighted by Gasteiger charge is 2.05. The zero-order valence-corrected chi connectivity index (χ0v) is 9.90.